The van der Waals surface area contributed by atoms with Gasteiger partial charge < -0.3 is 0 Å². The molecule has 0 bridgehead atoms. The van der Waals surface area contributed by atoms with Crippen molar-refractivity contribution >= 4 is 18.3 Å². The Kier molecular flexibility index (Phi) is 4.70. The molecule has 0 unspecified atom stereocenters. The van der Waals surface area contributed by atoms with E-state index in [2.05, 4.69) is 50.8 Å². The summed E-state index contributed by atoms with van der Waals surface area (Å²) in [5, 5.41) is 6.70. The minimum atomic E-state index is 1.01. The molecule has 2 nitrogen and oxygen atoms in total. The highest BCUT2D eigenvalue weighted by Crippen LogP contribution is 2.24. The fourth-order valence-corrected chi connectivity index (χ4v) is 2.47. The van der Waals surface area contributed by atoms with E-state index in [0.717, 1.165) is 36.3 Å². The molecule has 0 aromatic carbocycles. The third-order valence-corrected chi connectivity index (χ3v) is 4.02. The molecular formula is C16H22N2S. The standard InChI is InChI=1S/C16H22N2S/c1-12-4-6-14(7-5-12)13(2)17-18(3)15-8-10-16(19)11-9-15/h4,6,8,10,19H,5,7,9,11H2,1-3H3/b17-13+. The van der Waals surface area contributed by atoms with E-state index in [9.17, 15) is 0 Å². The Hall–Kier alpha value is -1.22. The minimum Gasteiger partial charge on any atom is -0.272 e. The molecular weight excluding hydrogens is 252 g/mol. The van der Waals surface area contributed by atoms with Crippen LogP contribution in [0.1, 0.15) is 39.5 Å². The van der Waals surface area contributed by atoms with Crippen LogP contribution in [0.4, 0.5) is 0 Å². The molecule has 0 atom stereocenters. The van der Waals surface area contributed by atoms with Crippen molar-refractivity contribution in [3.8, 4) is 0 Å². The lowest BCUT2D eigenvalue weighted by molar-refractivity contribution is 0.425. The molecule has 102 valence electrons. The van der Waals surface area contributed by atoms with Gasteiger partial charge in [-0.25, -0.2) is 0 Å². The molecule has 0 N–H and O–H groups in total. The predicted molar refractivity (Wildman–Crippen MR) is 86.3 cm³/mol. The summed E-state index contributed by atoms with van der Waals surface area (Å²) in [4.78, 5) is 1.15. The van der Waals surface area contributed by atoms with Gasteiger partial charge in [-0.05, 0) is 56.1 Å². The maximum Gasteiger partial charge on any atom is 0.0610 e. The van der Waals surface area contributed by atoms with Crippen LogP contribution in [0, 0.1) is 0 Å². The molecule has 0 saturated carbocycles. The van der Waals surface area contributed by atoms with Gasteiger partial charge in [-0.2, -0.15) is 5.10 Å². The van der Waals surface area contributed by atoms with Gasteiger partial charge in [0.25, 0.3) is 0 Å². The van der Waals surface area contributed by atoms with E-state index in [1.54, 1.807) is 0 Å². The third-order valence-electron chi connectivity index (χ3n) is 3.64. The van der Waals surface area contributed by atoms with Crippen LogP contribution >= 0.6 is 12.6 Å². The van der Waals surface area contributed by atoms with Gasteiger partial charge in [0.1, 0.15) is 0 Å². The van der Waals surface area contributed by atoms with E-state index in [1.165, 1.54) is 16.8 Å². The molecule has 2 aliphatic rings. The summed E-state index contributed by atoms with van der Waals surface area (Å²) in [6.07, 6.45) is 12.9. The fraction of sp³-hybridized carbons (Fsp3) is 0.438. The quantitative estimate of drug-likeness (QED) is 0.456. The van der Waals surface area contributed by atoms with Crippen molar-refractivity contribution in [3.63, 3.8) is 0 Å². The number of thiol groups is 1. The van der Waals surface area contributed by atoms with Crippen LogP contribution in [0.2, 0.25) is 0 Å². The van der Waals surface area contributed by atoms with Crippen molar-refractivity contribution < 1.29 is 0 Å². The third kappa shape index (κ3) is 3.87. The zero-order valence-electron chi connectivity index (χ0n) is 12.0. The second-order valence-corrected chi connectivity index (χ2v) is 5.80. The summed E-state index contributed by atoms with van der Waals surface area (Å²) in [7, 11) is 2.02. The van der Waals surface area contributed by atoms with Crippen LogP contribution in [0.15, 0.2) is 51.2 Å². The van der Waals surface area contributed by atoms with E-state index in [-0.39, 0.29) is 0 Å². The Morgan fingerprint density at radius 2 is 1.89 bits per heavy atom. The highest BCUT2D eigenvalue weighted by atomic mass is 32.1. The first-order chi connectivity index (χ1) is 9.06. The molecule has 0 radical (unpaired) electrons. The SMILES string of the molecule is CC1=CC=C(/C(C)=N/N(C)C2=CC=C(S)CC2)CC1. The molecule has 3 heteroatoms. The number of rotatable bonds is 3. The van der Waals surface area contributed by atoms with Gasteiger partial charge in [0.2, 0.25) is 0 Å². The smallest absolute Gasteiger partial charge is 0.0610 e. The topological polar surface area (TPSA) is 15.6 Å². The average Bonchev–Trinajstić information content (AvgIpc) is 2.40. The Labute approximate surface area is 121 Å². The molecule has 0 spiro atoms. The Morgan fingerprint density at radius 1 is 1.11 bits per heavy atom. The molecule has 2 rings (SSSR count). The normalized spacial score (nSPS) is 20.3. The number of allylic oxidation sites excluding steroid dienone is 8. The summed E-state index contributed by atoms with van der Waals surface area (Å²) in [5.41, 5.74) is 5.17. The Balaban J connectivity index is 2.09. The minimum absolute atomic E-state index is 1.01. The summed E-state index contributed by atoms with van der Waals surface area (Å²) in [6, 6.07) is 0. The molecule has 0 aromatic rings. The number of hydrazone groups is 1. The average molecular weight is 274 g/mol. The first kappa shape index (κ1) is 14.2. The van der Waals surface area contributed by atoms with E-state index in [4.69, 9.17) is 5.10 Å². The number of hydrogen-bond donors (Lipinski definition) is 1. The maximum absolute atomic E-state index is 4.70. The van der Waals surface area contributed by atoms with Crippen LogP contribution in [-0.4, -0.2) is 17.8 Å². The van der Waals surface area contributed by atoms with Crippen LogP contribution in [0.5, 0.6) is 0 Å². The van der Waals surface area contributed by atoms with E-state index in [1.807, 2.05) is 12.1 Å². The van der Waals surface area contributed by atoms with Crippen molar-refractivity contribution in [2.75, 3.05) is 7.05 Å². The fourth-order valence-electron chi connectivity index (χ4n) is 2.28. The van der Waals surface area contributed by atoms with Gasteiger partial charge in [0, 0.05) is 12.7 Å². The lowest BCUT2D eigenvalue weighted by atomic mass is 9.97. The largest absolute Gasteiger partial charge is 0.272 e. The highest BCUT2D eigenvalue weighted by Gasteiger charge is 2.10. The van der Waals surface area contributed by atoms with Gasteiger partial charge in [-0.1, -0.05) is 23.8 Å². The van der Waals surface area contributed by atoms with E-state index in [0.29, 0.717) is 0 Å². The molecule has 0 heterocycles. The second-order valence-electron chi connectivity index (χ2n) is 5.23. The van der Waals surface area contributed by atoms with Crippen molar-refractivity contribution in [3.05, 3.63) is 46.1 Å². The summed E-state index contributed by atoms with van der Waals surface area (Å²) in [6.45, 7) is 4.28. The van der Waals surface area contributed by atoms with Crippen LogP contribution in [0.3, 0.4) is 0 Å². The maximum atomic E-state index is 4.70. The molecule has 2 aliphatic carbocycles. The van der Waals surface area contributed by atoms with E-state index >= 15 is 0 Å². The van der Waals surface area contributed by atoms with Gasteiger partial charge in [0.05, 0.1) is 5.71 Å². The molecule has 0 amide bonds. The Bertz CT molecular complexity index is 507. The van der Waals surface area contributed by atoms with Crippen LogP contribution in [-0.2, 0) is 0 Å². The Morgan fingerprint density at radius 3 is 2.47 bits per heavy atom. The van der Waals surface area contributed by atoms with Crippen LogP contribution in [0.25, 0.3) is 0 Å². The molecule has 0 fully saturated rings. The molecule has 19 heavy (non-hydrogen) atoms. The van der Waals surface area contributed by atoms with Crippen molar-refractivity contribution in [2.24, 2.45) is 5.10 Å². The lowest BCUT2D eigenvalue weighted by Gasteiger charge is -2.21. The summed E-state index contributed by atoms with van der Waals surface area (Å²) < 4.78 is 0. The highest BCUT2D eigenvalue weighted by molar-refractivity contribution is 7.84. The van der Waals surface area contributed by atoms with Crippen molar-refractivity contribution in [1.82, 2.24) is 5.01 Å². The van der Waals surface area contributed by atoms with Gasteiger partial charge in [-0.15, -0.1) is 12.6 Å². The zero-order chi connectivity index (χ0) is 13.8. The second kappa shape index (κ2) is 6.29. The number of hydrogen-bond acceptors (Lipinski definition) is 3. The van der Waals surface area contributed by atoms with Gasteiger partial charge in [0.15, 0.2) is 0 Å². The van der Waals surface area contributed by atoms with Crippen LogP contribution < -0.4 is 0 Å². The van der Waals surface area contributed by atoms with Crippen molar-refractivity contribution in [1.29, 1.82) is 0 Å². The lowest BCUT2D eigenvalue weighted by Crippen LogP contribution is -2.15. The van der Waals surface area contributed by atoms with Gasteiger partial charge in [-0.3, -0.25) is 5.01 Å². The monoisotopic (exact) mass is 274 g/mol. The molecule has 0 aliphatic heterocycles. The predicted octanol–water partition coefficient (Wildman–Crippen LogP) is 4.45. The first-order valence-corrected chi connectivity index (χ1v) is 7.25. The number of nitrogens with zero attached hydrogens (tertiary/aromatic N) is 2. The van der Waals surface area contributed by atoms with Gasteiger partial charge >= 0.3 is 0 Å². The van der Waals surface area contributed by atoms with E-state index < -0.39 is 0 Å². The first-order valence-electron chi connectivity index (χ1n) is 6.80. The summed E-state index contributed by atoms with van der Waals surface area (Å²) in [5.74, 6) is 0. The zero-order valence-corrected chi connectivity index (χ0v) is 12.9. The molecule has 0 aromatic heterocycles. The van der Waals surface area contributed by atoms with Crippen molar-refractivity contribution in [2.45, 2.75) is 39.5 Å². The molecule has 0 saturated heterocycles. The summed E-state index contributed by atoms with van der Waals surface area (Å²) >= 11 is 4.38.